The van der Waals surface area contributed by atoms with Crippen molar-refractivity contribution in [3.05, 3.63) is 66.4 Å². The standard InChI is InChI=1S/C26H24F4N8O/c1-37(2)19-12-16(26(28,29)30)11-18(13-19)34-17-3-4-21(32-14-17)23-31-6-5-22(35-23)24-33-15-20(27)25(36-24)38-7-9-39-10-8-38/h3-6,11-15,34H,7-10H2,1-2H3. The maximum atomic E-state index is 14.4. The van der Waals surface area contributed by atoms with Crippen LogP contribution in [0, 0.1) is 5.82 Å². The van der Waals surface area contributed by atoms with E-state index in [1.165, 1.54) is 12.4 Å². The van der Waals surface area contributed by atoms with E-state index in [0.717, 1.165) is 18.3 Å². The van der Waals surface area contributed by atoms with Crippen LogP contribution in [0.15, 0.2) is 55.0 Å². The molecule has 0 spiro atoms. The number of nitrogens with one attached hydrogen (secondary N) is 1. The monoisotopic (exact) mass is 540 g/mol. The van der Waals surface area contributed by atoms with Crippen molar-refractivity contribution in [2.75, 3.05) is 55.5 Å². The van der Waals surface area contributed by atoms with E-state index < -0.39 is 17.6 Å². The number of alkyl halides is 3. The molecule has 3 aromatic heterocycles. The van der Waals surface area contributed by atoms with Crippen LogP contribution in [0.5, 0.6) is 0 Å². The van der Waals surface area contributed by atoms with Crippen LogP contribution in [-0.4, -0.2) is 65.3 Å². The second kappa shape index (κ2) is 10.8. The van der Waals surface area contributed by atoms with Crippen molar-refractivity contribution in [2.24, 2.45) is 0 Å². The molecule has 0 amide bonds. The summed E-state index contributed by atoms with van der Waals surface area (Å²) in [6.45, 7) is 2.00. The lowest BCUT2D eigenvalue weighted by Gasteiger charge is -2.28. The molecule has 1 N–H and O–H groups in total. The molecule has 0 unspecified atom stereocenters. The Hall–Kier alpha value is -4.39. The van der Waals surface area contributed by atoms with Gasteiger partial charge >= 0.3 is 6.18 Å². The van der Waals surface area contributed by atoms with Crippen LogP contribution in [0.1, 0.15) is 5.56 Å². The normalized spacial score (nSPS) is 13.8. The lowest BCUT2D eigenvalue weighted by Crippen LogP contribution is -2.37. The highest BCUT2D eigenvalue weighted by atomic mass is 19.4. The number of ether oxygens (including phenoxy) is 1. The molecule has 13 heteroatoms. The first-order valence-corrected chi connectivity index (χ1v) is 12.0. The zero-order chi connectivity index (χ0) is 27.6. The van der Waals surface area contributed by atoms with Crippen molar-refractivity contribution >= 4 is 22.9 Å². The molecular weight excluding hydrogens is 516 g/mol. The molecule has 5 rings (SSSR count). The highest BCUT2D eigenvalue weighted by Crippen LogP contribution is 2.35. The van der Waals surface area contributed by atoms with E-state index in [1.54, 1.807) is 48.2 Å². The number of nitrogens with zero attached hydrogens (tertiary/aromatic N) is 7. The highest BCUT2D eigenvalue weighted by Gasteiger charge is 2.31. The summed E-state index contributed by atoms with van der Waals surface area (Å²) >= 11 is 0. The van der Waals surface area contributed by atoms with Gasteiger partial charge in [0.1, 0.15) is 11.4 Å². The van der Waals surface area contributed by atoms with Gasteiger partial charge in [0.15, 0.2) is 23.3 Å². The Morgan fingerprint density at radius 1 is 0.872 bits per heavy atom. The van der Waals surface area contributed by atoms with Crippen LogP contribution in [0.2, 0.25) is 0 Å². The molecule has 4 heterocycles. The van der Waals surface area contributed by atoms with Gasteiger partial charge in [-0.3, -0.25) is 4.98 Å². The molecule has 0 aliphatic carbocycles. The summed E-state index contributed by atoms with van der Waals surface area (Å²) in [6.07, 6.45) is -0.364. The van der Waals surface area contributed by atoms with Crippen molar-refractivity contribution in [3.63, 3.8) is 0 Å². The van der Waals surface area contributed by atoms with Crippen molar-refractivity contribution in [1.29, 1.82) is 0 Å². The number of benzene rings is 1. The lowest BCUT2D eigenvalue weighted by molar-refractivity contribution is -0.137. The maximum Gasteiger partial charge on any atom is 0.416 e. The van der Waals surface area contributed by atoms with Crippen LogP contribution in [0.25, 0.3) is 23.0 Å². The number of hydrogen-bond donors (Lipinski definition) is 1. The first-order chi connectivity index (χ1) is 18.7. The fourth-order valence-corrected chi connectivity index (χ4v) is 3.96. The average Bonchev–Trinajstić information content (AvgIpc) is 2.93. The average molecular weight is 541 g/mol. The van der Waals surface area contributed by atoms with Gasteiger partial charge in [-0.05, 0) is 36.4 Å². The number of hydrogen-bond acceptors (Lipinski definition) is 9. The Bertz CT molecular complexity index is 1460. The summed E-state index contributed by atoms with van der Waals surface area (Å²) in [4.78, 5) is 25.0. The molecule has 39 heavy (non-hydrogen) atoms. The lowest BCUT2D eigenvalue weighted by atomic mass is 10.1. The van der Waals surface area contributed by atoms with Crippen molar-refractivity contribution in [2.45, 2.75) is 6.18 Å². The first-order valence-electron chi connectivity index (χ1n) is 12.0. The van der Waals surface area contributed by atoms with Crippen LogP contribution >= 0.6 is 0 Å². The Kier molecular flexibility index (Phi) is 7.24. The fraction of sp³-hybridized carbons (Fsp3) is 0.269. The van der Waals surface area contributed by atoms with E-state index >= 15 is 0 Å². The first kappa shape index (κ1) is 26.2. The highest BCUT2D eigenvalue weighted by molar-refractivity contribution is 5.67. The van der Waals surface area contributed by atoms with E-state index in [4.69, 9.17) is 4.74 Å². The molecular formula is C26H24F4N8O. The molecule has 0 bridgehead atoms. The van der Waals surface area contributed by atoms with Gasteiger partial charge in [-0.15, -0.1) is 0 Å². The Labute approximate surface area is 221 Å². The number of anilines is 4. The third-order valence-corrected chi connectivity index (χ3v) is 5.96. The van der Waals surface area contributed by atoms with Crippen LogP contribution in [-0.2, 0) is 10.9 Å². The number of rotatable bonds is 6. The van der Waals surface area contributed by atoms with Crippen molar-refractivity contribution in [3.8, 4) is 23.0 Å². The van der Waals surface area contributed by atoms with Gasteiger partial charge in [0.05, 0.1) is 36.9 Å². The van der Waals surface area contributed by atoms with Gasteiger partial charge in [0.2, 0.25) is 0 Å². The Morgan fingerprint density at radius 3 is 2.33 bits per heavy atom. The summed E-state index contributed by atoms with van der Waals surface area (Å²) in [5.41, 5.74) is 1.21. The summed E-state index contributed by atoms with van der Waals surface area (Å²) in [7, 11) is 3.34. The molecule has 1 fully saturated rings. The van der Waals surface area contributed by atoms with Crippen LogP contribution in [0.3, 0.4) is 0 Å². The van der Waals surface area contributed by atoms with E-state index in [0.29, 0.717) is 49.1 Å². The number of halogens is 4. The zero-order valence-electron chi connectivity index (χ0n) is 21.1. The van der Waals surface area contributed by atoms with Crippen molar-refractivity contribution < 1.29 is 22.3 Å². The molecule has 0 saturated carbocycles. The minimum Gasteiger partial charge on any atom is -0.378 e. The van der Waals surface area contributed by atoms with E-state index in [-0.39, 0.29) is 23.2 Å². The summed E-state index contributed by atoms with van der Waals surface area (Å²) in [6, 6.07) is 8.67. The maximum absolute atomic E-state index is 14.4. The molecule has 202 valence electrons. The minimum atomic E-state index is -4.48. The third kappa shape index (κ3) is 6.03. The zero-order valence-corrected chi connectivity index (χ0v) is 21.1. The van der Waals surface area contributed by atoms with Gasteiger partial charge < -0.3 is 19.9 Å². The van der Waals surface area contributed by atoms with Crippen LogP contribution in [0.4, 0.5) is 40.4 Å². The largest absolute Gasteiger partial charge is 0.416 e. The van der Waals surface area contributed by atoms with Gasteiger partial charge in [0, 0.05) is 44.8 Å². The molecule has 1 aromatic carbocycles. The summed E-state index contributed by atoms with van der Waals surface area (Å²) in [5, 5.41) is 2.97. The minimum absolute atomic E-state index is 0.184. The Morgan fingerprint density at radius 2 is 1.64 bits per heavy atom. The number of morpholine rings is 1. The molecule has 1 saturated heterocycles. The van der Waals surface area contributed by atoms with Crippen molar-refractivity contribution in [1.82, 2.24) is 24.9 Å². The smallest absolute Gasteiger partial charge is 0.378 e. The molecule has 0 radical (unpaired) electrons. The number of pyridine rings is 1. The SMILES string of the molecule is CN(C)c1cc(Nc2ccc(-c3nccc(-c4ncc(F)c(N5CCOCC5)n4)n3)nc2)cc(C(F)(F)F)c1. The predicted octanol–water partition coefficient (Wildman–Crippen LogP) is 4.80. The van der Waals surface area contributed by atoms with Gasteiger partial charge in [-0.25, -0.2) is 24.3 Å². The quantitative estimate of drug-likeness (QED) is 0.346. The van der Waals surface area contributed by atoms with E-state index in [2.05, 4.69) is 30.2 Å². The molecule has 4 aromatic rings. The molecule has 0 atom stereocenters. The molecule has 1 aliphatic rings. The second-order valence-corrected chi connectivity index (χ2v) is 8.95. The Balaban J connectivity index is 1.37. The topological polar surface area (TPSA) is 92.2 Å². The summed E-state index contributed by atoms with van der Waals surface area (Å²) in [5.74, 6) is 0.178. The van der Waals surface area contributed by atoms with E-state index in [1.807, 2.05) is 0 Å². The second-order valence-electron chi connectivity index (χ2n) is 8.95. The number of aromatic nitrogens is 5. The fourth-order valence-electron chi connectivity index (χ4n) is 3.96. The predicted molar refractivity (Wildman–Crippen MR) is 138 cm³/mol. The van der Waals surface area contributed by atoms with Gasteiger partial charge in [-0.2, -0.15) is 13.2 Å². The molecule has 9 nitrogen and oxygen atoms in total. The molecule has 1 aliphatic heterocycles. The van der Waals surface area contributed by atoms with Gasteiger partial charge in [-0.1, -0.05) is 0 Å². The van der Waals surface area contributed by atoms with E-state index in [9.17, 15) is 17.6 Å². The third-order valence-electron chi connectivity index (χ3n) is 5.96. The summed E-state index contributed by atoms with van der Waals surface area (Å²) < 4.78 is 59.9. The van der Waals surface area contributed by atoms with Crippen LogP contribution < -0.4 is 15.1 Å². The van der Waals surface area contributed by atoms with Gasteiger partial charge in [0.25, 0.3) is 0 Å².